The molecular weight excluding hydrogens is 304 g/mol. The maximum absolute atomic E-state index is 11.4. The number of amides is 1. The number of aromatic nitrogens is 1. The zero-order valence-corrected chi connectivity index (χ0v) is 14.2. The highest BCUT2D eigenvalue weighted by molar-refractivity contribution is 7.19. The van der Waals surface area contributed by atoms with Crippen molar-refractivity contribution in [2.75, 3.05) is 0 Å². The Bertz CT molecular complexity index is 784. The maximum Gasteiger partial charge on any atom is 0.220 e. The standard InChI is InChI=1S/C19H22N2OS/c1-11-2-7-16-15(10-11)17-14(8-9-21-19(17)23-16)12-3-5-13(6-4-12)18(20)22/h2,7-9,11-13H,3-6,10H2,1H3,(H2,20,22)/t11-,12?,13?/m1/s1. The third-order valence-electron chi connectivity index (χ3n) is 5.43. The minimum absolute atomic E-state index is 0.0722. The Hall–Kier alpha value is -1.68. The molecule has 0 unspecified atom stereocenters. The fourth-order valence-corrected chi connectivity index (χ4v) is 5.25. The van der Waals surface area contributed by atoms with E-state index in [1.54, 1.807) is 0 Å². The van der Waals surface area contributed by atoms with E-state index in [0.717, 1.165) is 32.1 Å². The van der Waals surface area contributed by atoms with Crippen molar-refractivity contribution >= 4 is 33.5 Å². The summed E-state index contributed by atoms with van der Waals surface area (Å²) >= 11 is 1.81. The normalized spacial score (nSPS) is 27.1. The fraction of sp³-hybridized carbons (Fsp3) is 0.474. The molecule has 23 heavy (non-hydrogen) atoms. The largest absolute Gasteiger partial charge is 0.369 e. The quantitative estimate of drug-likeness (QED) is 0.896. The van der Waals surface area contributed by atoms with Gasteiger partial charge in [-0.3, -0.25) is 4.79 Å². The molecule has 0 saturated heterocycles. The van der Waals surface area contributed by atoms with Gasteiger partial charge in [-0.05, 0) is 67.2 Å². The van der Waals surface area contributed by atoms with Gasteiger partial charge in [0.15, 0.2) is 0 Å². The van der Waals surface area contributed by atoms with Gasteiger partial charge in [0.1, 0.15) is 4.83 Å². The van der Waals surface area contributed by atoms with Gasteiger partial charge in [0, 0.05) is 22.4 Å². The Morgan fingerprint density at radius 3 is 2.83 bits per heavy atom. The Kier molecular flexibility index (Phi) is 3.72. The Labute approximate surface area is 140 Å². The van der Waals surface area contributed by atoms with Crippen LogP contribution in [0.1, 0.15) is 54.5 Å². The molecule has 0 aromatic carbocycles. The molecule has 120 valence electrons. The van der Waals surface area contributed by atoms with E-state index in [0.29, 0.717) is 11.8 Å². The number of hydrogen-bond acceptors (Lipinski definition) is 3. The number of allylic oxidation sites excluding steroid dienone is 1. The molecule has 2 aromatic rings. The Morgan fingerprint density at radius 2 is 2.09 bits per heavy atom. The fourth-order valence-electron chi connectivity index (χ4n) is 4.13. The molecule has 1 atom stereocenters. The van der Waals surface area contributed by atoms with Crippen molar-refractivity contribution in [3.63, 3.8) is 0 Å². The van der Waals surface area contributed by atoms with E-state index in [1.807, 2.05) is 17.5 Å². The number of fused-ring (bicyclic) bond motifs is 3. The molecule has 2 aromatic heterocycles. The summed E-state index contributed by atoms with van der Waals surface area (Å²) in [6, 6.07) is 2.20. The second-order valence-corrected chi connectivity index (χ2v) is 8.05. The zero-order valence-electron chi connectivity index (χ0n) is 13.4. The number of nitrogens with zero attached hydrogens (tertiary/aromatic N) is 1. The van der Waals surface area contributed by atoms with Crippen molar-refractivity contribution in [2.45, 2.75) is 44.9 Å². The van der Waals surface area contributed by atoms with Crippen molar-refractivity contribution in [3.05, 3.63) is 34.3 Å². The first-order valence-corrected chi connectivity index (χ1v) is 9.33. The molecule has 4 rings (SSSR count). The maximum atomic E-state index is 11.4. The van der Waals surface area contributed by atoms with Crippen LogP contribution < -0.4 is 5.73 Å². The predicted octanol–water partition coefficient (Wildman–Crippen LogP) is 4.26. The molecule has 0 bridgehead atoms. The summed E-state index contributed by atoms with van der Waals surface area (Å²) in [6.45, 7) is 2.27. The number of hydrogen-bond donors (Lipinski definition) is 1. The molecule has 0 aliphatic heterocycles. The van der Waals surface area contributed by atoms with Crippen LogP contribution in [0.3, 0.4) is 0 Å². The van der Waals surface area contributed by atoms with Gasteiger partial charge < -0.3 is 5.73 Å². The number of rotatable bonds is 2. The summed E-state index contributed by atoms with van der Waals surface area (Å²) in [5, 5.41) is 1.39. The van der Waals surface area contributed by atoms with Crippen LogP contribution in [0.4, 0.5) is 0 Å². The van der Waals surface area contributed by atoms with Crippen molar-refractivity contribution in [3.8, 4) is 0 Å². The van der Waals surface area contributed by atoms with E-state index in [-0.39, 0.29) is 11.8 Å². The lowest BCUT2D eigenvalue weighted by molar-refractivity contribution is -0.122. The molecule has 4 heteroatoms. The van der Waals surface area contributed by atoms with Crippen LogP contribution in [0, 0.1) is 11.8 Å². The molecule has 0 radical (unpaired) electrons. The van der Waals surface area contributed by atoms with Crippen LogP contribution >= 0.6 is 11.3 Å². The number of carbonyl (C=O) groups is 1. The van der Waals surface area contributed by atoms with Gasteiger partial charge in [-0.1, -0.05) is 13.0 Å². The van der Waals surface area contributed by atoms with Crippen LogP contribution in [-0.4, -0.2) is 10.9 Å². The number of primary amides is 1. The highest BCUT2D eigenvalue weighted by Gasteiger charge is 2.28. The van der Waals surface area contributed by atoms with E-state index in [4.69, 9.17) is 5.73 Å². The average Bonchev–Trinajstić information content (AvgIpc) is 2.93. The van der Waals surface area contributed by atoms with Gasteiger partial charge in [-0.15, -0.1) is 11.3 Å². The van der Waals surface area contributed by atoms with Crippen molar-refractivity contribution in [2.24, 2.45) is 17.6 Å². The average molecular weight is 326 g/mol. The first kappa shape index (κ1) is 14.9. The number of thiophene rings is 1. The molecule has 2 heterocycles. The van der Waals surface area contributed by atoms with E-state index >= 15 is 0 Å². The molecule has 2 N–H and O–H groups in total. The van der Waals surface area contributed by atoms with Crippen LogP contribution in [0.5, 0.6) is 0 Å². The summed E-state index contributed by atoms with van der Waals surface area (Å²) in [7, 11) is 0. The van der Waals surface area contributed by atoms with Crippen LogP contribution in [0.25, 0.3) is 16.3 Å². The summed E-state index contributed by atoms with van der Waals surface area (Å²) in [5.74, 6) is 1.08. The number of carbonyl (C=O) groups excluding carboxylic acids is 1. The third-order valence-corrected chi connectivity index (χ3v) is 6.53. The van der Waals surface area contributed by atoms with Gasteiger partial charge >= 0.3 is 0 Å². The first-order valence-electron chi connectivity index (χ1n) is 8.51. The van der Waals surface area contributed by atoms with E-state index in [1.165, 1.54) is 26.2 Å². The van der Waals surface area contributed by atoms with Gasteiger partial charge in [-0.2, -0.15) is 0 Å². The minimum Gasteiger partial charge on any atom is -0.369 e. The number of pyridine rings is 1. The Balaban J connectivity index is 1.72. The van der Waals surface area contributed by atoms with Crippen LogP contribution in [-0.2, 0) is 11.2 Å². The topological polar surface area (TPSA) is 56.0 Å². The highest BCUT2D eigenvalue weighted by Crippen LogP contribution is 2.43. The summed E-state index contributed by atoms with van der Waals surface area (Å²) < 4.78 is 0. The second-order valence-electron chi connectivity index (χ2n) is 7.02. The molecule has 1 fully saturated rings. The summed E-state index contributed by atoms with van der Waals surface area (Å²) in [5.41, 5.74) is 8.41. The summed E-state index contributed by atoms with van der Waals surface area (Å²) in [4.78, 5) is 18.6. The number of nitrogens with two attached hydrogens (primary N) is 1. The molecule has 3 nitrogen and oxygen atoms in total. The van der Waals surface area contributed by atoms with E-state index < -0.39 is 0 Å². The Morgan fingerprint density at radius 1 is 1.30 bits per heavy atom. The minimum atomic E-state index is -0.129. The van der Waals surface area contributed by atoms with Gasteiger partial charge in [0.05, 0.1) is 0 Å². The SMILES string of the molecule is C[C@@H]1C=Cc2sc3nccc(C4CCC(C(N)=O)CC4)c3c2C1. The van der Waals surface area contributed by atoms with Crippen molar-refractivity contribution in [1.29, 1.82) is 0 Å². The van der Waals surface area contributed by atoms with Crippen LogP contribution in [0.2, 0.25) is 0 Å². The van der Waals surface area contributed by atoms with Crippen molar-refractivity contribution in [1.82, 2.24) is 4.98 Å². The van der Waals surface area contributed by atoms with Gasteiger partial charge in [0.25, 0.3) is 0 Å². The lowest BCUT2D eigenvalue weighted by Gasteiger charge is -2.27. The van der Waals surface area contributed by atoms with E-state index in [2.05, 4.69) is 30.1 Å². The molecule has 0 spiro atoms. The van der Waals surface area contributed by atoms with Crippen LogP contribution in [0.15, 0.2) is 18.3 Å². The predicted molar refractivity (Wildman–Crippen MR) is 95.4 cm³/mol. The highest BCUT2D eigenvalue weighted by atomic mass is 32.1. The molecule has 2 aliphatic carbocycles. The molecule has 1 amide bonds. The first-order chi connectivity index (χ1) is 11.1. The van der Waals surface area contributed by atoms with E-state index in [9.17, 15) is 4.79 Å². The lowest BCUT2D eigenvalue weighted by atomic mass is 9.77. The van der Waals surface area contributed by atoms with Crippen molar-refractivity contribution < 1.29 is 4.79 Å². The monoisotopic (exact) mass is 326 g/mol. The van der Waals surface area contributed by atoms with Gasteiger partial charge in [-0.25, -0.2) is 4.98 Å². The molecule has 2 aliphatic rings. The molecular formula is C19H22N2OS. The third kappa shape index (κ3) is 2.59. The molecule has 1 saturated carbocycles. The lowest BCUT2D eigenvalue weighted by Crippen LogP contribution is -2.27. The second kappa shape index (κ2) is 5.75. The smallest absolute Gasteiger partial charge is 0.220 e. The zero-order chi connectivity index (χ0) is 16.0. The van der Waals surface area contributed by atoms with Gasteiger partial charge in [0.2, 0.25) is 5.91 Å². The summed E-state index contributed by atoms with van der Waals surface area (Å²) in [6.07, 6.45) is 11.6.